The van der Waals surface area contributed by atoms with E-state index in [1.165, 1.54) is 12.1 Å². The van der Waals surface area contributed by atoms with Gasteiger partial charge in [-0.3, -0.25) is 9.89 Å². The van der Waals surface area contributed by atoms with Gasteiger partial charge in [-0.15, -0.1) is 0 Å². The molecule has 1 saturated heterocycles. The maximum absolute atomic E-state index is 13.4. The molecule has 0 amide bonds. The van der Waals surface area contributed by atoms with Gasteiger partial charge in [-0.1, -0.05) is 24.2 Å². The Balaban J connectivity index is 1.62. The lowest BCUT2D eigenvalue weighted by Gasteiger charge is -2.35. The summed E-state index contributed by atoms with van der Waals surface area (Å²) in [5.41, 5.74) is 3.13. The van der Waals surface area contributed by atoms with Crippen molar-refractivity contribution in [1.82, 2.24) is 20.7 Å². The summed E-state index contributed by atoms with van der Waals surface area (Å²) in [7, 11) is 1.76. The monoisotopic (exact) mass is 417 g/mol. The molecule has 0 bridgehead atoms. The Morgan fingerprint density at radius 1 is 1.17 bits per heavy atom. The third kappa shape index (κ3) is 5.58. The average molecular weight is 418 g/mol. The van der Waals surface area contributed by atoms with E-state index in [1.807, 2.05) is 26.0 Å². The molecule has 30 heavy (non-hydrogen) atoms. The van der Waals surface area contributed by atoms with Gasteiger partial charge < -0.3 is 19.9 Å². The molecule has 1 aliphatic rings. The molecule has 1 fully saturated rings. The minimum atomic E-state index is -0.224. The first kappa shape index (κ1) is 22.2. The molecule has 3 rings (SSSR count). The van der Waals surface area contributed by atoms with Crippen LogP contribution in [0.15, 0.2) is 33.8 Å². The van der Waals surface area contributed by atoms with Crippen LogP contribution < -0.4 is 10.6 Å². The van der Waals surface area contributed by atoms with Crippen molar-refractivity contribution < 1.29 is 13.7 Å². The lowest BCUT2D eigenvalue weighted by molar-refractivity contribution is 0.0170. The summed E-state index contributed by atoms with van der Waals surface area (Å²) < 4.78 is 24.2. The first-order valence-electron chi connectivity index (χ1n) is 10.4. The van der Waals surface area contributed by atoms with Crippen LogP contribution in [0.25, 0.3) is 0 Å². The quantitative estimate of drug-likeness (QED) is 0.533. The van der Waals surface area contributed by atoms with E-state index in [9.17, 15) is 4.39 Å². The summed E-state index contributed by atoms with van der Waals surface area (Å²) in [4.78, 5) is 6.73. The summed E-state index contributed by atoms with van der Waals surface area (Å²) in [6, 6.07) is 6.84. The molecule has 164 valence electrons. The second-order valence-corrected chi connectivity index (χ2v) is 7.69. The predicted molar refractivity (Wildman–Crippen MR) is 115 cm³/mol. The number of hydrogen-bond acceptors (Lipinski definition) is 5. The number of halogens is 1. The molecular weight excluding hydrogens is 385 g/mol. The van der Waals surface area contributed by atoms with Gasteiger partial charge in [0.2, 0.25) is 0 Å². The Kier molecular flexibility index (Phi) is 7.81. The third-order valence-corrected chi connectivity index (χ3v) is 5.58. The van der Waals surface area contributed by atoms with Crippen molar-refractivity contribution in [2.24, 2.45) is 4.99 Å². The molecule has 0 spiro atoms. The number of morpholine rings is 1. The Morgan fingerprint density at radius 3 is 2.43 bits per heavy atom. The van der Waals surface area contributed by atoms with Crippen molar-refractivity contribution in [3.8, 4) is 0 Å². The molecule has 0 saturated carbocycles. The number of rotatable bonds is 7. The maximum Gasteiger partial charge on any atom is 0.191 e. The van der Waals surface area contributed by atoms with E-state index in [0.717, 1.165) is 41.6 Å². The number of aryl methyl sites for hydroxylation is 2. The van der Waals surface area contributed by atoms with Gasteiger partial charge >= 0.3 is 0 Å². The van der Waals surface area contributed by atoms with Crippen LogP contribution in [-0.4, -0.2) is 62.5 Å². The van der Waals surface area contributed by atoms with E-state index in [4.69, 9.17) is 9.26 Å². The lowest BCUT2D eigenvalue weighted by atomic mass is 10.00. The zero-order valence-electron chi connectivity index (χ0n) is 18.2. The molecule has 1 aromatic heterocycles. The fourth-order valence-corrected chi connectivity index (χ4v) is 3.99. The van der Waals surface area contributed by atoms with Crippen LogP contribution in [0.5, 0.6) is 0 Å². The fourth-order valence-electron chi connectivity index (χ4n) is 3.99. The minimum absolute atomic E-state index is 0.105. The highest BCUT2D eigenvalue weighted by Gasteiger charge is 2.23. The molecule has 7 nitrogen and oxygen atoms in total. The number of ether oxygens (including phenoxy) is 1. The van der Waals surface area contributed by atoms with E-state index in [0.29, 0.717) is 26.3 Å². The lowest BCUT2D eigenvalue weighted by Crippen LogP contribution is -2.46. The van der Waals surface area contributed by atoms with Crippen LogP contribution >= 0.6 is 0 Å². The Bertz CT molecular complexity index is 811. The van der Waals surface area contributed by atoms with Gasteiger partial charge in [0, 0.05) is 44.7 Å². The number of nitrogens with zero attached hydrogens (tertiary/aromatic N) is 3. The SMILES string of the molecule is CN=C(NCC(C)c1c(C)noc1C)NCC(c1ccc(F)cc1)N1CCOCC1. The van der Waals surface area contributed by atoms with Gasteiger partial charge in [0.25, 0.3) is 0 Å². The topological polar surface area (TPSA) is 74.9 Å². The van der Waals surface area contributed by atoms with Crippen molar-refractivity contribution in [1.29, 1.82) is 0 Å². The summed E-state index contributed by atoms with van der Waals surface area (Å²) in [5, 5.41) is 10.9. The summed E-state index contributed by atoms with van der Waals surface area (Å²) >= 11 is 0. The molecule has 2 aromatic rings. The van der Waals surface area contributed by atoms with E-state index in [2.05, 4.69) is 32.6 Å². The van der Waals surface area contributed by atoms with Crippen molar-refractivity contribution in [2.75, 3.05) is 46.4 Å². The van der Waals surface area contributed by atoms with E-state index < -0.39 is 0 Å². The normalized spacial score (nSPS) is 17.6. The number of benzene rings is 1. The molecule has 1 aliphatic heterocycles. The Labute approximate surface area is 177 Å². The van der Waals surface area contributed by atoms with Crippen LogP contribution in [0.1, 0.15) is 41.5 Å². The smallest absolute Gasteiger partial charge is 0.191 e. The van der Waals surface area contributed by atoms with Crippen LogP contribution in [0.3, 0.4) is 0 Å². The molecule has 1 aromatic carbocycles. The van der Waals surface area contributed by atoms with Crippen molar-refractivity contribution >= 4 is 5.96 Å². The average Bonchev–Trinajstić information content (AvgIpc) is 3.10. The van der Waals surface area contributed by atoms with Crippen molar-refractivity contribution in [3.05, 3.63) is 52.7 Å². The Hall–Kier alpha value is -2.45. The molecule has 2 heterocycles. The molecule has 2 unspecified atom stereocenters. The number of guanidine groups is 1. The maximum atomic E-state index is 13.4. The van der Waals surface area contributed by atoms with Crippen molar-refractivity contribution in [3.63, 3.8) is 0 Å². The number of nitrogens with one attached hydrogen (secondary N) is 2. The minimum Gasteiger partial charge on any atom is -0.379 e. The first-order valence-corrected chi connectivity index (χ1v) is 10.4. The highest BCUT2D eigenvalue weighted by atomic mass is 19.1. The van der Waals surface area contributed by atoms with E-state index in [-0.39, 0.29) is 17.8 Å². The summed E-state index contributed by atoms with van der Waals surface area (Å²) in [6.45, 7) is 10.5. The van der Waals surface area contributed by atoms with E-state index in [1.54, 1.807) is 7.05 Å². The van der Waals surface area contributed by atoms with Gasteiger partial charge in [0.1, 0.15) is 11.6 Å². The summed E-state index contributed by atoms with van der Waals surface area (Å²) in [5.74, 6) is 1.60. The highest BCUT2D eigenvalue weighted by Crippen LogP contribution is 2.23. The van der Waals surface area contributed by atoms with Crippen LogP contribution in [0.2, 0.25) is 0 Å². The third-order valence-electron chi connectivity index (χ3n) is 5.58. The van der Waals surface area contributed by atoms with Gasteiger partial charge in [-0.2, -0.15) is 0 Å². The molecule has 2 atom stereocenters. The number of aliphatic imine (C=N–C) groups is 1. The largest absolute Gasteiger partial charge is 0.379 e. The number of hydrogen-bond donors (Lipinski definition) is 2. The number of aromatic nitrogens is 1. The predicted octanol–water partition coefficient (Wildman–Crippen LogP) is 2.77. The fraction of sp³-hybridized carbons (Fsp3) is 0.545. The van der Waals surface area contributed by atoms with Crippen molar-refractivity contribution in [2.45, 2.75) is 32.7 Å². The molecule has 8 heteroatoms. The molecular formula is C22H32FN5O2. The van der Waals surface area contributed by atoms with Gasteiger partial charge in [0.05, 0.1) is 24.9 Å². The second kappa shape index (κ2) is 10.5. The van der Waals surface area contributed by atoms with Crippen LogP contribution in [0.4, 0.5) is 4.39 Å². The van der Waals surface area contributed by atoms with Crippen LogP contribution in [0, 0.1) is 19.7 Å². The molecule has 0 aliphatic carbocycles. The van der Waals surface area contributed by atoms with Gasteiger partial charge in [0.15, 0.2) is 5.96 Å². The highest BCUT2D eigenvalue weighted by molar-refractivity contribution is 5.79. The first-order chi connectivity index (χ1) is 14.5. The van der Waals surface area contributed by atoms with Gasteiger partial charge in [-0.05, 0) is 31.5 Å². The zero-order chi connectivity index (χ0) is 21.5. The zero-order valence-corrected chi connectivity index (χ0v) is 18.2. The summed E-state index contributed by atoms with van der Waals surface area (Å²) in [6.07, 6.45) is 0. The van der Waals surface area contributed by atoms with Crippen LogP contribution in [-0.2, 0) is 4.74 Å². The molecule has 0 radical (unpaired) electrons. The second-order valence-electron chi connectivity index (χ2n) is 7.69. The Morgan fingerprint density at radius 2 is 1.83 bits per heavy atom. The molecule has 2 N–H and O–H groups in total. The standard InChI is InChI=1S/C22H32FN5O2/c1-15(21-16(2)27-30-17(21)3)13-25-22(24-4)26-14-20(28-9-11-29-12-10-28)18-5-7-19(23)8-6-18/h5-8,15,20H,9-14H2,1-4H3,(H2,24,25,26). The van der Waals surface area contributed by atoms with E-state index >= 15 is 0 Å². The van der Waals surface area contributed by atoms with Gasteiger partial charge in [-0.25, -0.2) is 4.39 Å².